The average Bonchev–Trinajstić information content (AvgIpc) is 3.01. The number of carbonyl (C=O) groups excluding carboxylic acids is 1. The molecule has 1 unspecified atom stereocenters. The number of likely N-dealkylation sites (tertiary alicyclic amines) is 1. The van der Waals surface area contributed by atoms with E-state index in [0.717, 1.165) is 25.4 Å². The van der Waals surface area contributed by atoms with Gasteiger partial charge in [-0.1, -0.05) is 6.42 Å². The van der Waals surface area contributed by atoms with Gasteiger partial charge < -0.3 is 4.74 Å². The maximum absolute atomic E-state index is 11.5. The van der Waals surface area contributed by atoms with E-state index < -0.39 is 0 Å². The standard InChI is InChI=1S/C11H19NO2/c1-14-11(13)10-4-2-3-7-12(10)8-9-5-6-9/h9-10H,2-8H2,1H3. The highest BCUT2D eigenvalue weighted by molar-refractivity contribution is 5.75. The third-order valence-electron chi connectivity index (χ3n) is 3.28. The highest BCUT2D eigenvalue weighted by atomic mass is 16.5. The first-order chi connectivity index (χ1) is 6.81. The summed E-state index contributed by atoms with van der Waals surface area (Å²) in [4.78, 5) is 13.8. The van der Waals surface area contributed by atoms with Gasteiger partial charge in [0.15, 0.2) is 0 Å². The average molecular weight is 197 g/mol. The molecule has 2 fully saturated rings. The number of hydrogen-bond acceptors (Lipinski definition) is 3. The van der Waals surface area contributed by atoms with Gasteiger partial charge >= 0.3 is 5.97 Å². The van der Waals surface area contributed by atoms with Gasteiger partial charge in [0.25, 0.3) is 0 Å². The minimum absolute atomic E-state index is 0.0367. The summed E-state index contributed by atoms with van der Waals surface area (Å²) in [5.74, 6) is 0.825. The number of rotatable bonds is 3. The molecule has 1 heterocycles. The molecule has 0 aromatic carbocycles. The Morgan fingerprint density at radius 3 is 2.79 bits per heavy atom. The van der Waals surface area contributed by atoms with Crippen molar-refractivity contribution < 1.29 is 9.53 Å². The van der Waals surface area contributed by atoms with Crippen LogP contribution in [-0.4, -0.2) is 37.1 Å². The molecule has 0 spiro atoms. The third kappa shape index (κ3) is 2.27. The van der Waals surface area contributed by atoms with Crippen LogP contribution in [0, 0.1) is 5.92 Å². The molecule has 2 aliphatic rings. The number of ether oxygens (including phenoxy) is 1. The van der Waals surface area contributed by atoms with Gasteiger partial charge in [-0.05, 0) is 38.1 Å². The molecular formula is C11H19NO2. The van der Waals surface area contributed by atoms with Crippen molar-refractivity contribution in [2.24, 2.45) is 5.92 Å². The van der Waals surface area contributed by atoms with Crippen LogP contribution in [0.3, 0.4) is 0 Å². The topological polar surface area (TPSA) is 29.5 Å². The van der Waals surface area contributed by atoms with Crippen molar-refractivity contribution in [2.45, 2.75) is 38.1 Å². The van der Waals surface area contributed by atoms with Crippen molar-refractivity contribution in [3.05, 3.63) is 0 Å². The van der Waals surface area contributed by atoms with Gasteiger partial charge in [0.1, 0.15) is 6.04 Å². The molecule has 3 heteroatoms. The van der Waals surface area contributed by atoms with Gasteiger partial charge in [0.2, 0.25) is 0 Å². The Labute approximate surface area is 85.4 Å². The normalized spacial score (nSPS) is 28.8. The quantitative estimate of drug-likeness (QED) is 0.641. The molecule has 2 rings (SSSR count). The van der Waals surface area contributed by atoms with Crippen molar-refractivity contribution >= 4 is 5.97 Å². The second-order valence-corrected chi connectivity index (χ2v) is 4.47. The second kappa shape index (κ2) is 4.30. The molecule has 0 bridgehead atoms. The minimum Gasteiger partial charge on any atom is -0.468 e. The zero-order valence-corrected chi connectivity index (χ0v) is 8.87. The van der Waals surface area contributed by atoms with E-state index in [2.05, 4.69) is 4.90 Å². The SMILES string of the molecule is COC(=O)C1CCCCN1CC1CC1. The van der Waals surface area contributed by atoms with Crippen LogP contribution in [0.2, 0.25) is 0 Å². The molecular weight excluding hydrogens is 178 g/mol. The van der Waals surface area contributed by atoms with Crippen LogP contribution in [0.15, 0.2) is 0 Å². The van der Waals surface area contributed by atoms with Crippen molar-refractivity contribution in [3.8, 4) is 0 Å². The van der Waals surface area contributed by atoms with Crippen LogP contribution in [0.1, 0.15) is 32.1 Å². The molecule has 0 aromatic rings. The van der Waals surface area contributed by atoms with E-state index in [-0.39, 0.29) is 12.0 Å². The van der Waals surface area contributed by atoms with Crippen LogP contribution >= 0.6 is 0 Å². The van der Waals surface area contributed by atoms with Gasteiger partial charge in [0, 0.05) is 6.54 Å². The molecule has 0 radical (unpaired) electrons. The molecule has 1 aliphatic heterocycles. The highest BCUT2D eigenvalue weighted by Crippen LogP contribution is 2.32. The van der Waals surface area contributed by atoms with E-state index in [1.165, 1.54) is 32.8 Å². The highest BCUT2D eigenvalue weighted by Gasteiger charge is 2.33. The van der Waals surface area contributed by atoms with Crippen LogP contribution in [0.4, 0.5) is 0 Å². The lowest BCUT2D eigenvalue weighted by molar-refractivity contribution is -0.148. The first-order valence-corrected chi connectivity index (χ1v) is 5.63. The molecule has 0 amide bonds. The lowest BCUT2D eigenvalue weighted by Crippen LogP contribution is -2.46. The maximum Gasteiger partial charge on any atom is 0.323 e. The number of nitrogens with zero attached hydrogens (tertiary/aromatic N) is 1. The summed E-state index contributed by atoms with van der Waals surface area (Å²) in [5.41, 5.74) is 0. The van der Waals surface area contributed by atoms with Gasteiger partial charge in [-0.2, -0.15) is 0 Å². The fraction of sp³-hybridized carbons (Fsp3) is 0.909. The Balaban J connectivity index is 1.91. The van der Waals surface area contributed by atoms with Crippen molar-refractivity contribution in [1.29, 1.82) is 0 Å². The molecule has 1 atom stereocenters. The Morgan fingerprint density at radius 2 is 2.14 bits per heavy atom. The number of piperidine rings is 1. The smallest absolute Gasteiger partial charge is 0.323 e. The zero-order chi connectivity index (χ0) is 9.97. The molecule has 1 aliphatic carbocycles. The van der Waals surface area contributed by atoms with E-state index in [1.807, 2.05) is 0 Å². The lowest BCUT2D eigenvalue weighted by atomic mass is 10.0. The molecule has 1 saturated heterocycles. The van der Waals surface area contributed by atoms with Gasteiger partial charge in [-0.25, -0.2) is 0 Å². The predicted molar refractivity (Wildman–Crippen MR) is 54.0 cm³/mol. The van der Waals surface area contributed by atoms with Crippen LogP contribution in [-0.2, 0) is 9.53 Å². The van der Waals surface area contributed by atoms with Gasteiger partial charge in [-0.15, -0.1) is 0 Å². The number of carbonyl (C=O) groups is 1. The molecule has 1 saturated carbocycles. The van der Waals surface area contributed by atoms with Crippen molar-refractivity contribution in [1.82, 2.24) is 4.90 Å². The summed E-state index contributed by atoms with van der Waals surface area (Å²) in [5, 5.41) is 0. The number of esters is 1. The fourth-order valence-electron chi connectivity index (χ4n) is 2.24. The number of methoxy groups -OCH3 is 1. The van der Waals surface area contributed by atoms with Crippen LogP contribution < -0.4 is 0 Å². The molecule has 80 valence electrons. The number of hydrogen-bond donors (Lipinski definition) is 0. The summed E-state index contributed by atoms with van der Waals surface area (Å²) in [6.07, 6.45) is 6.09. The summed E-state index contributed by atoms with van der Waals surface area (Å²) < 4.78 is 4.84. The summed E-state index contributed by atoms with van der Waals surface area (Å²) >= 11 is 0. The third-order valence-corrected chi connectivity index (χ3v) is 3.28. The van der Waals surface area contributed by atoms with E-state index in [1.54, 1.807) is 0 Å². The molecule has 3 nitrogen and oxygen atoms in total. The zero-order valence-electron chi connectivity index (χ0n) is 8.87. The second-order valence-electron chi connectivity index (χ2n) is 4.47. The Morgan fingerprint density at radius 1 is 1.36 bits per heavy atom. The summed E-state index contributed by atoms with van der Waals surface area (Å²) in [6, 6.07) is 0.0503. The largest absolute Gasteiger partial charge is 0.468 e. The van der Waals surface area contributed by atoms with Crippen molar-refractivity contribution in [2.75, 3.05) is 20.2 Å². The van der Waals surface area contributed by atoms with E-state index in [9.17, 15) is 4.79 Å². The Bertz CT molecular complexity index is 213. The van der Waals surface area contributed by atoms with Crippen LogP contribution in [0.25, 0.3) is 0 Å². The minimum atomic E-state index is -0.0367. The lowest BCUT2D eigenvalue weighted by Gasteiger charge is -2.33. The monoisotopic (exact) mass is 197 g/mol. The summed E-state index contributed by atoms with van der Waals surface area (Å²) in [7, 11) is 1.49. The predicted octanol–water partition coefficient (Wildman–Crippen LogP) is 1.42. The summed E-state index contributed by atoms with van der Waals surface area (Å²) in [6.45, 7) is 2.19. The van der Waals surface area contributed by atoms with E-state index >= 15 is 0 Å². The Kier molecular flexibility index (Phi) is 3.06. The molecule has 14 heavy (non-hydrogen) atoms. The van der Waals surface area contributed by atoms with Gasteiger partial charge in [0.05, 0.1) is 7.11 Å². The first kappa shape index (κ1) is 9.97. The van der Waals surface area contributed by atoms with Crippen LogP contribution in [0.5, 0.6) is 0 Å². The molecule has 0 aromatic heterocycles. The Hall–Kier alpha value is -0.570. The van der Waals surface area contributed by atoms with E-state index in [0.29, 0.717) is 0 Å². The van der Waals surface area contributed by atoms with E-state index in [4.69, 9.17) is 4.74 Å². The first-order valence-electron chi connectivity index (χ1n) is 5.63. The van der Waals surface area contributed by atoms with Crippen molar-refractivity contribution in [3.63, 3.8) is 0 Å². The fourth-order valence-corrected chi connectivity index (χ4v) is 2.24. The molecule has 0 N–H and O–H groups in total. The van der Waals surface area contributed by atoms with Gasteiger partial charge in [-0.3, -0.25) is 9.69 Å². The maximum atomic E-state index is 11.5.